The van der Waals surface area contributed by atoms with E-state index < -0.39 is 7.26 Å². The van der Waals surface area contributed by atoms with Crippen molar-refractivity contribution in [1.82, 2.24) is 0 Å². The van der Waals surface area contributed by atoms with Crippen LogP contribution in [0.3, 0.4) is 0 Å². The molecule has 0 bridgehead atoms. The largest absolute Gasteiger partial charge is 1.00 e. The summed E-state index contributed by atoms with van der Waals surface area (Å²) in [4.78, 5) is 0. The van der Waals surface area contributed by atoms with E-state index in [0.29, 0.717) is 0 Å². The van der Waals surface area contributed by atoms with Crippen molar-refractivity contribution in [3.8, 4) is 0 Å². The van der Waals surface area contributed by atoms with Crippen molar-refractivity contribution in [3.63, 3.8) is 0 Å². The Morgan fingerprint density at radius 1 is 1.14 bits per heavy atom. The highest BCUT2D eigenvalue weighted by Crippen LogP contribution is 2.58. The van der Waals surface area contributed by atoms with Crippen molar-refractivity contribution in [2.45, 2.75) is 6.92 Å². The summed E-state index contributed by atoms with van der Waals surface area (Å²) < 4.78 is 0. The molecule has 0 fully saturated rings. The van der Waals surface area contributed by atoms with E-state index in [0.717, 1.165) is 0 Å². The summed E-state index contributed by atoms with van der Waals surface area (Å²) >= 11 is 0. The van der Waals surface area contributed by atoms with Crippen LogP contribution in [0.25, 0.3) is 0 Å². The fourth-order valence-electron chi connectivity index (χ4n) is 2.02. The molecule has 0 aromatic heterocycles. The van der Waals surface area contributed by atoms with Crippen LogP contribution in [-0.2, 0) is 0 Å². The maximum absolute atomic E-state index is 2.47. The third-order valence-electron chi connectivity index (χ3n) is 2.82. The van der Waals surface area contributed by atoms with E-state index in [1.54, 1.807) is 10.9 Å². The maximum atomic E-state index is 2.47. The Morgan fingerprint density at radius 3 is 2.29 bits per heavy atom. The summed E-state index contributed by atoms with van der Waals surface area (Å²) in [6, 6.07) is 11.0. The highest BCUT2D eigenvalue weighted by atomic mass is 79.9. The SMILES string of the molecule is CC1=CC[P+](C)(c2ccccc2)C1.[Br-]. The third-order valence-corrected chi connectivity index (χ3v) is 6.55. The smallest absolute Gasteiger partial charge is 0.0943 e. The monoisotopic (exact) mass is 270 g/mol. The van der Waals surface area contributed by atoms with Crippen molar-refractivity contribution in [2.24, 2.45) is 0 Å². The predicted molar refractivity (Wildman–Crippen MR) is 62.4 cm³/mol. The van der Waals surface area contributed by atoms with Gasteiger partial charge in [-0.15, -0.1) is 0 Å². The first kappa shape index (κ1) is 11.9. The molecule has 0 saturated heterocycles. The van der Waals surface area contributed by atoms with E-state index in [9.17, 15) is 0 Å². The Balaban J connectivity index is 0.000000980. The summed E-state index contributed by atoms with van der Waals surface area (Å²) in [6.45, 7) is 4.73. The van der Waals surface area contributed by atoms with E-state index >= 15 is 0 Å². The lowest BCUT2D eigenvalue weighted by atomic mass is 10.3. The number of halogens is 1. The van der Waals surface area contributed by atoms with Crippen LogP contribution in [0.4, 0.5) is 0 Å². The fourth-order valence-corrected chi connectivity index (χ4v) is 5.38. The summed E-state index contributed by atoms with van der Waals surface area (Å²) in [5, 5.41) is 1.59. The summed E-state index contributed by atoms with van der Waals surface area (Å²) in [5.41, 5.74) is 1.58. The second-order valence-electron chi connectivity index (χ2n) is 4.12. The van der Waals surface area contributed by atoms with Crippen LogP contribution in [0.2, 0.25) is 0 Å². The Bertz CT molecular complexity index is 331. The lowest BCUT2D eigenvalue weighted by molar-refractivity contribution is -0.00000280. The fraction of sp³-hybridized carbons (Fsp3) is 0.333. The molecule has 0 saturated carbocycles. The van der Waals surface area contributed by atoms with E-state index in [4.69, 9.17) is 0 Å². The molecule has 1 aliphatic heterocycles. The van der Waals surface area contributed by atoms with Crippen LogP contribution in [0.1, 0.15) is 6.92 Å². The lowest BCUT2D eigenvalue weighted by Gasteiger charge is -2.16. The summed E-state index contributed by atoms with van der Waals surface area (Å²) in [6.07, 6.45) is 5.06. The lowest BCUT2D eigenvalue weighted by Crippen LogP contribution is -3.00. The van der Waals surface area contributed by atoms with Gasteiger partial charge < -0.3 is 17.0 Å². The first-order valence-corrected chi connectivity index (χ1v) is 7.37. The molecular formula is C12H16BrP. The van der Waals surface area contributed by atoms with Crippen LogP contribution >= 0.6 is 7.26 Å². The van der Waals surface area contributed by atoms with Gasteiger partial charge in [-0.05, 0) is 30.7 Å². The second-order valence-corrected chi connectivity index (χ2v) is 8.11. The highest BCUT2D eigenvalue weighted by molar-refractivity contribution is 7.82. The molecule has 1 atom stereocenters. The van der Waals surface area contributed by atoms with Gasteiger partial charge in [0.1, 0.15) is 0 Å². The molecule has 1 heterocycles. The van der Waals surface area contributed by atoms with Crippen molar-refractivity contribution < 1.29 is 17.0 Å². The van der Waals surface area contributed by atoms with E-state index in [1.807, 2.05) is 0 Å². The Labute approximate surface area is 97.5 Å². The van der Waals surface area contributed by atoms with Crippen molar-refractivity contribution >= 4 is 12.6 Å². The second kappa shape index (κ2) is 4.59. The summed E-state index contributed by atoms with van der Waals surface area (Å²) in [7, 11) is -0.821. The molecule has 0 spiro atoms. The minimum Gasteiger partial charge on any atom is -1.00 e. The zero-order chi connectivity index (χ0) is 9.31. The van der Waals surface area contributed by atoms with Crippen LogP contribution < -0.4 is 22.3 Å². The molecular weight excluding hydrogens is 255 g/mol. The molecule has 14 heavy (non-hydrogen) atoms. The molecule has 0 radical (unpaired) electrons. The van der Waals surface area contributed by atoms with Crippen molar-refractivity contribution in [1.29, 1.82) is 0 Å². The topological polar surface area (TPSA) is 0 Å². The molecule has 76 valence electrons. The van der Waals surface area contributed by atoms with Gasteiger partial charge >= 0.3 is 0 Å². The Kier molecular flexibility index (Phi) is 3.92. The zero-order valence-corrected chi connectivity index (χ0v) is 11.2. The standard InChI is InChI=1S/C12H16P.BrH/c1-11-8-9-13(2,10-11)12-6-4-3-5-7-12;/h3-8H,9-10H2,1-2H3;1H/q+1;/p-1. The van der Waals surface area contributed by atoms with Gasteiger partial charge in [0.2, 0.25) is 0 Å². The molecule has 2 heteroatoms. The Hall–Kier alpha value is -0.130. The predicted octanol–water partition coefficient (Wildman–Crippen LogP) is -0.0768. The molecule has 1 unspecified atom stereocenters. The zero-order valence-electron chi connectivity index (χ0n) is 8.70. The van der Waals surface area contributed by atoms with Crippen molar-refractivity contribution in [3.05, 3.63) is 42.0 Å². The van der Waals surface area contributed by atoms with E-state index in [2.05, 4.69) is 50.0 Å². The van der Waals surface area contributed by atoms with Crippen LogP contribution in [0.15, 0.2) is 42.0 Å². The third kappa shape index (κ3) is 2.27. The van der Waals surface area contributed by atoms with Gasteiger partial charge in [0.05, 0.1) is 31.6 Å². The average Bonchev–Trinajstić information content (AvgIpc) is 2.49. The number of hydrogen-bond acceptors (Lipinski definition) is 0. The van der Waals surface area contributed by atoms with Gasteiger partial charge in [-0.25, -0.2) is 0 Å². The van der Waals surface area contributed by atoms with Gasteiger partial charge in [-0.2, -0.15) is 0 Å². The van der Waals surface area contributed by atoms with Gasteiger partial charge in [0.25, 0.3) is 0 Å². The summed E-state index contributed by atoms with van der Waals surface area (Å²) in [5.74, 6) is 0. The minimum atomic E-state index is -0.821. The number of allylic oxidation sites excluding steroid dienone is 2. The molecule has 1 aromatic rings. The van der Waals surface area contributed by atoms with E-state index in [1.165, 1.54) is 12.3 Å². The van der Waals surface area contributed by atoms with Crippen LogP contribution in [-0.4, -0.2) is 19.0 Å². The normalized spacial score (nSPS) is 25.4. The molecule has 2 rings (SSSR count). The van der Waals surface area contributed by atoms with E-state index in [-0.39, 0.29) is 17.0 Å². The minimum absolute atomic E-state index is 0. The molecule has 0 N–H and O–H groups in total. The molecule has 0 amide bonds. The Morgan fingerprint density at radius 2 is 1.79 bits per heavy atom. The van der Waals surface area contributed by atoms with Crippen molar-refractivity contribution in [2.75, 3.05) is 19.0 Å². The molecule has 1 aliphatic rings. The number of hydrogen-bond donors (Lipinski definition) is 0. The molecule has 0 aliphatic carbocycles. The van der Waals surface area contributed by atoms with Crippen LogP contribution in [0, 0.1) is 0 Å². The van der Waals surface area contributed by atoms with Gasteiger partial charge in [-0.1, -0.05) is 18.2 Å². The highest BCUT2D eigenvalue weighted by Gasteiger charge is 2.37. The van der Waals surface area contributed by atoms with Gasteiger partial charge in [-0.3, -0.25) is 0 Å². The van der Waals surface area contributed by atoms with Gasteiger partial charge in [0, 0.05) is 0 Å². The molecule has 1 aromatic carbocycles. The average molecular weight is 271 g/mol. The molecule has 0 nitrogen and oxygen atoms in total. The first-order chi connectivity index (χ1) is 6.21. The van der Waals surface area contributed by atoms with Crippen LogP contribution in [0.5, 0.6) is 0 Å². The first-order valence-electron chi connectivity index (χ1n) is 4.76. The number of benzene rings is 1. The quantitative estimate of drug-likeness (QED) is 0.495. The maximum Gasteiger partial charge on any atom is 0.0943 e. The number of rotatable bonds is 1. The van der Waals surface area contributed by atoms with Gasteiger partial charge in [0.15, 0.2) is 0 Å².